The van der Waals surface area contributed by atoms with Crippen molar-refractivity contribution in [3.63, 3.8) is 0 Å². The molecule has 3 heteroatoms. The summed E-state index contributed by atoms with van der Waals surface area (Å²) in [6, 6.07) is 4.53. The molecule has 0 fully saturated rings. The lowest BCUT2D eigenvalue weighted by Gasteiger charge is -2.12. The third-order valence-electron chi connectivity index (χ3n) is 3.94. The number of allylic oxidation sites excluding steroid dienone is 1. The molecule has 102 valence electrons. The van der Waals surface area contributed by atoms with E-state index >= 15 is 0 Å². The van der Waals surface area contributed by atoms with Crippen LogP contribution >= 0.6 is 0 Å². The van der Waals surface area contributed by atoms with E-state index in [2.05, 4.69) is 60.0 Å². The molecule has 0 unspecified atom stereocenters. The summed E-state index contributed by atoms with van der Waals surface area (Å²) < 4.78 is 0. The van der Waals surface area contributed by atoms with E-state index in [1.807, 2.05) is 6.92 Å². The molecule has 2 aromatic rings. The minimum Gasteiger partial charge on any atom is -0.258 e. The van der Waals surface area contributed by atoms with Gasteiger partial charge in [-0.25, -0.2) is 9.97 Å². The Morgan fingerprint density at radius 3 is 2.75 bits per heavy atom. The monoisotopic (exact) mass is 265 g/mol. The van der Waals surface area contributed by atoms with Gasteiger partial charge in [0.1, 0.15) is 0 Å². The van der Waals surface area contributed by atoms with E-state index in [1.54, 1.807) is 0 Å². The van der Waals surface area contributed by atoms with Crippen molar-refractivity contribution >= 4 is 17.1 Å². The average molecular weight is 265 g/mol. The predicted molar refractivity (Wildman–Crippen MR) is 82.1 cm³/mol. The third-order valence-corrected chi connectivity index (χ3v) is 3.94. The van der Waals surface area contributed by atoms with E-state index in [1.165, 1.54) is 11.1 Å². The lowest BCUT2D eigenvalue weighted by Crippen LogP contribution is -2.34. The summed E-state index contributed by atoms with van der Waals surface area (Å²) in [6.45, 7) is 8.35. The van der Waals surface area contributed by atoms with Crippen LogP contribution in [-0.2, 0) is 6.42 Å². The van der Waals surface area contributed by atoms with Gasteiger partial charge in [-0.1, -0.05) is 13.0 Å². The molecule has 0 amide bonds. The second kappa shape index (κ2) is 4.82. The number of hydrogen-bond acceptors (Lipinski definition) is 3. The Balaban J connectivity index is 2.35. The Morgan fingerprint density at radius 2 is 2.05 bits per heavy atom. The van der Waals surface area contributed by atoms with Gasteiger partial charge in [0.25, 0.3) is 0 Å². The Hall–Kier alpha value is -2.03. The molecule has 3 heterocycles. The number of nitrogens with zero attached hydrogens (tertiary/aromatic N) is 3. The summed E-state index contributed by atoms with van der Waals surface area (Å²) in [5, 5.41) is 2.19. The Bertz CT molecular complexity index is 831. The normalized spacial score (nSPS) is 19.6. The predicted octanol–water partition coefficient (Wildman–Crippen LogP) is 2.25. The highest BCUT2D eigenvalue weighted by atomic mass is 14.9. The highest BCUT2D eigenvalue weighted by molar-refractivity contribution is 5.76. The van der Waals surface area contributed by atoms with Crippen LogP contribution in [0.4, 0.5) is 0 Å². The van der Waals surface area contributed by atoms with E-state index in [4.69, 9.17) is 0 Å². The van der Waals surface area contributed by atoms with Gasteiger partial charge in [0.05, 0.1) is 6.04 Å². The summed E-state index contributed by atoms with van der Waals surface area (Å²) >= 11 is 0. The number of aryl methyl sites for hydroxylation is 2. The van der Waals surface area contributed by atoms with E-state index in [-0.39, 0.29) is 6.04 Å². The maximum absolute atomic E-state index is 4.67. The van der Waals surface area contributed by atoms with Crippen LogP contribution < -0.4 is 10.7 Å². The lowest BCUT2D eigenvalue weighted by atomic mass is 10.0. The van der Waals surface area contributed by atoms with Gasteiger partial charge in [-0.15, -0.1) is 0 Å². The van der Waals surface area contributed by atoms with Crippen LogP contribution in [0.25, 0.3) is 17.1 Å². The Labute approximate surface area is 118 Å². The van der Waals surface area contributed by atoms with Gasteiger partial charge >= 0.3 is 0 Å². The first-order valence-electron chi connectivity index (χ1n) is 7.15. The minimum absolute atomic E-state index is 0.175. The highest BCUT2D eigenvalue weighted by Gasteiger charge is 2.11. The zero-order valence-corrected chi connectivity index (χ0v) is 12.4. The van der Waals surface area contributed by atoms with Gasteiger partial charge in [-0.2, -0.15) is 0 Å². The molecule has 0 N–H and O–H groups in total. The SMILES string of the molecule is C/C=C1/C=c2cc3cc(CC)c(C)nc3nc2=N[C@H]1C. The van der Waals surface area contributed by atoms with Crippen molar-refractivity contribution < 1.29 is 0 Å². The number of aromatic nitrogens is 2. The topological polar surface area (TPSA) is 38.1 Å². The van der Waals surface area contributed by atoms with Crippen molar-refractivity contribution in [2.24, 2.45) is 4.99 Å². The zero-order chi connectivity index (χ0) is 14.3. The Morgan fingerprint density at radius 1 is 1.25 bits per heavy atom. The van der Waals surface area contributed by atoms with Gasteiger partial charge in [0, 0.05) is 16.3 Å². The van der Waals surface area contributed by atoms with Crippen LogP contribution in [0.15, 0.2) is 28.8 Å². The number of hydrogen-bond donors (Lipinski definition) is 0. The van der Waals surface area contributed by atoms with Crippen molar-refractivity contribution in [1.82, 2.24) is 9.97 Å². The smallest absolute Gasteiger partial charge is 0.161 e. The average Bonchev–Trinajstić information content (AvgIpc) is 2.44. The molecule has 0 spiro atoms. The first-order valence-corrected chi connectivity index (χ1v) is 7.15. The third kappa shape index (κ3) is 2.03. The Kier molecular flexibility index (Phi) is 3.13. The largest absolute Gasteiger partial charge is 0.258 e. The molecular weight excluding hydrogens is 246 g/mol. The molecule has 1 aliphatic heterocycles. The maximum atomic E-state index is 4.67. The van der Waals surface area contributed by atoms with Crippen LogP contribution in [0.3, 0.4) is 0 Å². The second-order valence-electron chi connectivity index (χ2n) is 5.27. The van der Waals surface area contributed by atoms with E-state index < -0.39 is 0 Å². The fraction of sp³-hybridized carbons (Fsp3) is 0.353. The molecule has 3 nitrogen and oxygen atoms in total. The van der Waals surface area contributed by atoms with Crippen molar-refractivity contribution in [3.8, 4) is 0 Å². The molecule has 2 aromatic heterocycles. The van der Waals surface area contributed by atoms with Crippen LogP contribution in [0.5, 0.6) is 0 Å². The summed E-state index contributed by atoms with van der Waals surface area (Å²) in [5.74, 6) is 0. The first-order chi connectivity index (χ1) is 9.62. The second-order valence-corrected chi connectivity index (χ2v) is 5.27. The molecule has 0 saturated carbocycles. The van der Waals surface area contributed by atoms with Gasteiger partial charge in [-0.3, -0.25) is 4.99 Å². The van der Waals surface area contributed by atoms with Gasteiger partial charge in [-0.05, 0) is 56.5 Å². The fourth-order valence-corrected chi connectivity index (χ4v) is 2.69. The summed E-state index contributed by atoms with van der Waals surface area (Å²) in [5.41, 5.74) is 5.20. The summed E-state index contributed by atoms with van der Waals surface area (Å²) in [6.07, 6.45) is 5.30. The van der Waals surface area contributed by atoms with E-state index in [0.717, 1.165) is 33.9 Å². The summed E-state index contributed by atoms with van der Waals surface area (Å²) in [7, 11) is 0. The van der Waals surface area contributed by atoms with Crippen LogP contribution in [-0.4, -0.2) is 16.0 Å². The molecule has 0 radical (unpaired) electrons. The van der Waals surface area contributed by atoms with Crippen LogP contribution in [0.2, 0.25) is 0 Å². The molecular formula is C17H19N3. The quantitative estimate of drug-likeness (QED) is 0.793. The van der Waals surface area contributed by atoms with Crippen molar-refractivity contribution in [1.29, 1.82) is 0 Å². The van der Waals surface area contributed by atoms with Crippen LogP contribution in [0, 0.1) is 6.92 Å². The molecule has 0 bridgehead atoms. The molecule has 1 aliphatic rings. The number of rotatable bonds is 1. The van der Waals surface area contributed by atoms with Crippen LogP contribution in [0.1, 0.15) is 32.0 Å². The molecule has 20 heavy (non-hydrogen) atoms. The van der Waals surface area contributed by atoms with Crippen molar-refractivity contribution in [2.75, 3.05) is 0 Å². The molecule has 0 saturated heterocycles. The highest BCUT2D eigenvalue weighted by Crippen LogP contribution is 2.14. The molecule has 1 atom stereocenters. The van der Waals surface area contributed by atoms with Gasteiger partial charge < -0.3 is 0 Å². The van der Waals surface area contributed by atoms with E-state index in [9.17, 15) is 0 Å². The lowest BCUT2D eigenvalue weighted by molar-refractivity contribution is 0.823. The van der Waals surface area contributed by atoms with Gasteiger partial charge in [0.15, 0.2) is 11.1 Å². The fourth-order valence-electron chi connectivity index (χ4n) is 2.69. The molecule has 0 aliphatic carbocycles. The zero-order valence-electron chi connectivity index (χ0n) is 12.4. The molecule has 3 rings (SSSR count). The molecule has 0 aromatic carbocycles. The minimum atomic E-state index is 0.175. The van der Waals surface area contributed by atoms with Crippen molar-refractivity contribution in [3.05, 3.63) is 45.7 Å². The van der Waals surface area contributed by atoms with Gasteiger partial charge in [0.2, 0.25) is 0 Å². The summed E-state index contributed by atoms with van der Waals surface area (Å²) in [4.78, 5) is 13.9. The van der Waals surface area contributed by atoms with E-state index in [0.29, 0.717) is 0 Å². The number of pyridine rings is 2. The standard InChI is InChI=1S/C17H19N3/c1-5-12-7-14-9-15-8-13(6-2)11(4)19-17(15)20-16(14)18-10(12)3/h5,7-10H,6H2,1-4H3/b12-5-/t10-/m0/s1. The first kappa shape index (κ1) is 13.0. The maximum Gasteiger partial charge on any atom is 0.161 e. The number of fused-ring (bicyclic) bond motifs is 2. The van der Waals surface area contributed by atoms with Crippen molar-refractivity contribution in [2.45, 2.75) is 40.2 Å².